The lowest BCUT2D eigenvalue weighted by Gasteiger charge is -2.39. The van der Waals surface area contributed by atoms with Crippen LogP contribution in [0.1, 0.15) is 32.1 Å². The largest absolute Gasteiger partial charge is 0.490 e. The fraction of sp³-hybridized carbons (Fsp3) is 0.522. The molecule has 2 aliphatic heterocycles. The highest BCUT2D eigenvalue weighted by Crippen LogP contribution is 2.27. The summed E-state index contributed by atoms with van der Waals surface area (Å²) >= 11 is 0. The maximum Gasteiger partial charge on any atom is 0.242 e. The summed E-state index contributed by atoms with van der Waals surface area (Å²) < 4.78 is 21.2. The lowest BCUT2D eigenvalue weighted by molar-refractivity contribution is -0.140. The summed E-state index contributed by atoms with van der Waals surface area (Å²) in [5, 5.41) is 0. The van der Waals surface area contributed by atoms with Crippen molar-refractivity contribution in [2.75, 3.05) is 26.2 Å². The van der Waals surface area contributed by atoms with Crippen molar-refractivity contribution in [2.24, 2.45) is 5.92 Å². The van der Waals surface area contributed by atoms with E-state index in [1.807, 2.05) is 9.80 Å². The normalized spacial score (nSPS) is 21.7. The third-order valence-corrected chi connectivity index (χ3v) is 6.14. The standard InChI is InChI=1S/C23H29FN4O3/c24-19-4-6-20(7-5-19)31-21-8-12-28(23(30)16-26-13-9-25-17-26)15-18(21)14-22(29)27-10-2-1-3-11-27/h4-7,9,13,17-18,21H,1-3,8,10-12,14-16H2/t18-,21-/m0/s1. The van der Waals surface area contributed by atoms with Crippen LogP contribution < -0.4 is 4.74 Å². The number of rotatable bonds is 6. The van der Waals surface area contributed by atoms with Gasteiger partial charge in [-0.2, -0.15) is 0 Å². The van der Waals surface area contributed by atoms with Crippen LogP contribution in [0.5, 0.6) is 5.75 Å². The molecule has 0 radical (unpaired) electrons. The molecule has 2 fully saturated rings. The smallest absolute Gasteiger partial charge is 0.242 e. The van der Waals surface area contributed by atoms with Crippen LogP contribution in [0.3, 0.4) is 0 Å². The third-order valence-electron chi connectivity index (χ3n) is 6.14. The Morgan fingerprint density at radius 2 is 1.81 bits per heavy atom. The first-order chi connectivity index (χ1) is 15.1. The number of hydrogen-bond acceptors (Lipinski definition) is 4. The molecule has 4 rings (SSSR count). The average Bonchev–Trinajstić information content (AvgIpc) is 3.30. The quantitative estimate of drug-likeness (QED) is 0.710. The Morgan fingerprint density at radius 3 is 2.52 bits per heavy atom. The molecule has 31 heavy (non-hydrogen) atoms. The van der Waals surface area contributed by atoms with E-state index in [1.54, 1.807) is 35.4 Å². The van der Waals surface area contributed by atoms with Crippen molar-refractivity contribution in [2.45, 2.75) is 44.8 Å². The number of nitrogens with zero attached hydrogens (tertiary/aromatic N) is 4. The van der Waals surface area contributed by atoms with Crippen molar-refractivity contribution in [3.8, 4) is 5.75 Å². The molecule has 166 valence electrons. The molecule has 1 aromatic heterocycles. The van der Waals surface area contributed by atoms with Gasteiger partial charge in [0.2, 0.25) is 11.8 Å². The molecule has 0 N–H and O–H groups in total. The molecule has 2 aromatic rings. The van der Waals surface area contributed by atoms with Crippen molar-refractivity contribution < 1.29 is 18.7 Å². The Hall–Kier alpha value is -2.90. The molecule has 0 spiro atoms. The molecule has 0 saturated carbocycles. The van der Waals surface area contributed by atoms with Crippen LogP contribution in [0.2, 0.25) is 0 Å². The predicted octanol–water partition coefficient (Wildman–Crippen LogP) is 2.72. The first-order valence-electron chi connectivity index (χ1n) is 11.0. The van der Waals surface area contributed by atoms with Crippen molar-refractivity contribution in [3.05, 3.63) is 48.8 Å². The van der Waals surface area contributed by atoms with Gasteiger partial charge >= 0.3 is 0 Å². The highest BCUT2D eigenvalue weighted by molar-refractivity contribution is 5.78. The van der Waals surface area contributed by atoms with E-state index in [1.165, 1.54) is 18.6 Å². The molecule has 2 aliphatic rings. The minimum atomic E-state index is -0.316. The molecular formula is C23H29FN4O3. The fourth-order valence-corrected chi connectivity index (χ4v) is 4.41. The van der Waals surface area contributed by atoms with Gasteiger partial charge in [-0.15, -0.1) is 0 Å². The highest BCUT2D eigenvalue weighted by atomic mass is 19.1. The summed E-state index contributed by atoms with van der Waals surface area (Å²) in [5.41, 5.74) is 0. The van der Waals surface area contributed by atoms with E-state index in [4.69, 9.17) is 4.74 Å². The number of carbonyl (C=O) groups excluding carboxylic acids is 2. The zero-order valence-corrected chi connectivity index (χ0v) is 17.7. The number of halogens is 1. The van der Waals surface area contributed by atoms with Gasteiger partial charge in [0.1, 0.15) is 24.2 Å². The van der Waals surface area contributed by atoms with E-state index in [0.29, 0.717) is 31.7 Å². The molecule has 2 saturated heterocycles. The van der Waals surface area contributed by atoms with Crippen LogP contribution in [0, 0.1) is 11.7 Å². The van der Waals surface area contributed by atoms with E-state index in [-0.39, 0.29) is 36.2 Å². The third kappa shape index (κ3) is 5.62. The van der Waals surface area contributed by atoms with Crippen LogP contribution in [-0.2, 0) is 16.1 Å². The summed E-state index contributed by atoms with van der Waals surface area (Å²) in [4.78, 5) is 33.5. The Labute approximate surface area is 181 Å². The number of hydrogen-bond donors (Lipinski definition) is 0. The Morgan fingerprint density at radius 1 is 1.03 bits per heavy atom. The molecule has 0 bridgehead atoms. The van der Waals surface area contributed by atoms with Crippen molar-refractivity contribution in [1.29, 1.82) is 0 Å². The lowest BCUT2D eigenvalue weighted by Crippen LogP contribution is -2.50. The summed E-state index contributed by atoms with van der Waals surface area (Å²) in [6.07, 6.45) is 9.07. The number of piperidine rings is 2. The van der Waals surface area contributed by atoms with E-state index in [9.17, 15) is 14.0 Å². The minimum absolute atomic E-state index is 0.00801. The van der Waals surface area contributed by atoms with E-state index < -0.39 is 0 Å². The summed E-state index contributed by atoms with van der Waals surface area (Å²) in [6.45, 7) is 2.87. The molecular weight excluding hydrogens is 399 g/mol. The zero-order chi connectivity index (χ0) is 21.6. The van der Waals surface area contributed by atoms with Gasteiger partial charge in [-0.05, 0) is 43.5 Å². The molecule has 2 atom stereocenters. The van der Waals surface area contributed by atoms with Crippen LogP contribution in [0.4, 0.5) is 4.39 Å². The Balaban J connectivity index is 1.44. The second-order valence-corrected chi connectivity index (χ2v) is 8.38. The number of benzene rings is 1. The van der Waals surface area contributed by atoms with Crippen molar-refractivity contribution in [3.63, 3.8) is 0 Å². The van der Waals surface area contributed by atoms with Crippen molar-refractivity contribution >= 4 is 11.8 Å². The van der Waals surface area contributed by atoms with Gasteiger partial charge < -0.3 is 19.1 Å². The van der Waals surface area contributed by atoms with E-state index >= 15 is 0 Å². The van der Waals surface area contributed by atoms with Crippen LogP contribution in [0.15, 0.2) is 43.0 Å². The Kier molecular flexibility index (Phi) is 6.84. The SMILES string of the molecule is O=C(C[C@H]1CN(C(=O)Cn2ccnc2)CC[C@@H]1Oc1ccc(F)cc1)N1CCCCC1. The number of carbonyl (C=O) groups is 2. The number of amides is 2. The van der Waals surface area contributed by atoms with Gasteiger partial charge in [-0.3, -0.25) is 9.59 Å². The monoisotopic (exact) mass is 428 g/mol. The maximum atomic E-state index is 13.3. The first-order valence-corrected chi connectivity index (χ1v) is 11.0. The first kappa shape index (κ1) is 21.3. The average molecular weight is 429 g/mol. The van der Waals surface area contributed by atoms with Crippen LogP contribution in [0.25, 0.3) is 0 Å². The molecule has 8 heteroatoms. The number of aromatic nitrogens is 2. The highest BCUT2D eigenvalue weighted by Gasteiger charge is 2.35. The van der Waals surface area contributed by atoms with Crippen LogP contribution >= 0.6 is 0 Å². The predicted molar refractivity (Wildman–Crippen MR) is 113 cm³/mol. The molecule has 2 amide bonds. The Bertz CT molecular complexity index is 865. The molecule has 3 heterocycles. The number of likely N-dealkylation sites (tertiary alicyclic amines) is 2. The van der Waals surface area contributed by atoms with Crippen molar-refractivity contribution in [1.82, 2.24) is 19.4 Å². The van der Waals surface area contributed by atoms with E-state index in [0.717, 1.165) is 25.9 Å². The summed E-state index contributed by atoms with van der Waals surface area (Å²) in [6, 6.07) is 5.95. The maximum absolute atomic E-state index is 13.3. The second kappa shape index (κ2) is 9.94. The molecule has 7 nitrogen and oxygen atoms in total. The van der Waals surface area contributed by atoms with Gasteiger partial charge in [-0.1, -0.05) is 0 Å². The lowest BCUT2D eigenvalue weighted by atomic mass is 9.90. The molecule has 0 unspecified atom stereocenters. The number of ether oxygens (including phenoxy) is 1. The van der Waals surface area contributed by atoms with Crippen LogP contribution in [-0.4, -0.2) is 63.4 Å². The second-order valence-electron chi connectivity index (χ2n) is 8.38. The van der Waals surface area contributed by atoms with Gasteiger partial charge in [-0.25, -0.2) is 9.37 Å². The minimum Gasteiger partial charge on any atom is -0.490 e. The van der Waals surface area contributed by atoms with Gasteiger partial charge in [0.15, 0.2) is 0 Å². The van der Waals surface area contributed by atoms with Gasteiger partial charge in [0.25, 0.3) is 0 Å². The zero-order valence-electron chi connectivity index (χ0n) is 17.7. The van der Waals surface area contributed by atoms with Gasteiger partial charge in [0.05, 0.1) is 6.33 Å². The van der Waals surface area contributed by atoms with Gasteiger partial charge in [0, 0.05) is 57.3 Å². The fourth-order valence-electron chi connectivity index (χ4n) is 4.41. The topological polar surface area (TPSA) is 67.7 Å². The summed E-state index contributed by atoms with van der Waals surface area (Å²) in [7, 11) is 0. The molecule has 0 aliphatic carbocycles. The molecule has 1 aromatic carbocycles. The number of imidazole rings is 1. The van der Waals surface area contributed by atoms with E-state index in [2.05, 4.69) is 4.98 Å². The summed E-state index contributed by atoms with van der Waals surface area (Å²) in [5.74, 6) is 0.291.